The van der Waals surface area contributed by atoms with Crippen LogP contribution < -0.4 is 4.74 Å². The summed E-state index contributed by atoms with van der Waals surface area (Å²) in [6, 6.07) is 15.1. The molecule has 2 aromatic carbocycles. The van der Waals surface area contributed by atoms with Gasteiger partial charge in [0.1, 0.15) is 0 Å². The van der Waals surface area contributed by atoms with Crippen LogP contribution in [0.4, 0.5) is 0 Å². The Morgan fingerprint density at radius 2 is 1.57 bits per heavy atom. The lowest BCUT2D eigenvalue weighted by atomic mass is 10.1. The Hall–Kier alpha value is -2.28. The summed E-state index contributed by atoms with van der Waals surface area (Å²) in [5.41, 5.74) is 2.51. The van der Waals surface area contributed by atoms with Crippen LogP contribution in [0.3, 0.4) is 0 Å². The number of benzene rings is 2. The van der Waals surface area contributed by atoms with E-state index >= 15 is 0 Å². The summed E-state index contributed by atoms with van der Waals surface area (Å²) in [7, 11) is 0. The van der Waals surface area contributed by atoms with Crippen molar-refractivity contribution in [1.29, 1.82) is 0 Å². The second kappa shape index (κ2) is 6.87. The third kappa shape index (κ3) is 3.92. The molecule has 0 saturated heterocycles. The number of halogens is 1. The van der Waals surface area contributed by atoms with Gasteiger partial charge in [0, 0.05) is 9.13 Å². The second-order valence-corrected chi connectivity index (χ2v) is 6.25. The quantitative estimate of drug-likeness (QED) is 0.473. The summed E-state index contributed by atoms with van der Waals surface area (Å²) < 4.78 is 6.43. The van der Waals surface area contributed by atoms with Gasteiger partial charge in [-0.3, -0.25) is 0 Å². The van der Waals surface area contributed by atoms with Crippen molar-refractivity contribution in [3.8, 4) is 17.1 Å². The topological polar surface area (TPSA) is 52.1 Å². The Kier molecular flexibility index (Phi) is 4.66. The van der Waals surface area contributed by atoms with Crippen LogP contribution in [-0.4, -0.2) is 15.9 Å². The summed E-state index contributed by atoms with van der Waals surface area (Å²) >= 11 is 2.24. The average Bonchev–Trinajstić information content (AvgIpc) is 2.57. The number of carbonyl (C=O) groups excluding carboxylic acids is 1. The first kappa shape index (κ1) is 15.6. The molecule has 0 aliphatic carbocycles. The average molecular weight is 416 g/mol. The van der Waals surface area contributed by atoms with Crippen molar-refractivity contribution in [2.75, 3.05) is 0 Å². The minimum atomic E-state index is -0.421. The van der Waals surface area contributed by atoms with E-state index in [0.29, 0.717) is 17.1 Å². The van der Waals surface area contributed by atoms with Crippen LogP contribution in [-0.2, 0) is 0 Å². The molecule has 0 N–H and O–H groups in total. The van der Waals surface area contributed by atoms with E-state index in [-0.39, 0.29) is 0 Å². The van der Waals surface area contributed by atoms with Crippen molar-refractivity contribution in [3.63, 3.8) is 0 Å². The molecule has 0 atom stereocenters. The van der Waals surface area contributed by atoms with Gasteiger partial charge in [0.05, 0.1) is 18.0 Å². The summed E-state index contributed by atoms with van der Waals surface area (Å²) in [5, 5.41) is 0. The SMILES string of the molecule is Cc1ccc(C(=O)Oc2cnc(-c3ccc(I)cc3)nc2)cc1. The summed E-state index contributed by atoms with van der Waals surface area (Å²) in [5.74, 6) is 0.497. The Bertz CT molecular complexity index is 813. The Morgan fingerprint density at radius 3 is 2.17 bits per heavy atom. The monoisotopic (exact) mass is 416 g/mol. The Balaban J connectivity index is 1.73. The lowest BCUT2D eigenvalue weighted by Crippen LogP contribution is -2.08. The van der Waals surface area contributed by atoms with Crippen LogP contribution in [0.25, 0.3) is 11.4 Å². The van der Waals surface area contributed by atoms with E-state index in [4.69, 9.17) is 4.74 Å². The summed E-state index contributed by atoms with van der Waals surface area (Å²) in [6.45, 7) is 1.96. The van der Waals surface area contributed by atoms with Crippen LogP contribution in [0.5, 0.6) is 5.75 Å². The summed E-state index contributed by atoms with van der Waals surface area (Å²) in [4.78, 5) is 20.5. The Morgan fingerprint density at radius 1 is 0.957 bits per heavy atom. The van der Waals surface area contributed by atoms with Crippen molar-refractivity contribution < 1.29 is 9.53 Å². The smallest absolute Gasteiger partial charge is 0.343 e. The molecule has 5 heteroatoms. The van der Waals surface area contributed by atoms with Crippen LogP contribution >= 0.6 is 22.6 Å². The predicted molar refractivity (Wildman–Crippen MR) is 96.3 cm³/mol. The number of hydrogen-bond donors (Lipinski definition) is 0. The molecule has 4 nitrogen and oxygen atoms in total. The zero-order valence-corrected chi connectivity index (χ0v) is 14.5. The fourth-order valence-corrected chi connectivity index (χ4v) is 2.33. The zero-order chi connectivity index (χ0) is 16.2. The van der Waals surface area contributed by atoms with Crippen LogP contribution in [0.2, 0.25) is 0 Å². The molecule has 0 radical (unpaired) electrons. The number of rotatable bonds is 3. The van der Waals surface area contributed by atoms with Crippen molar-refractivity contribution in [2.24, 2.45) is 0 Å². The normalized spacial score (nSPS) is 10.3. The fraction of sp³-hybridized carbons (Fsp3) is 0.0556. The van der Waals surface area contributed by atoms with Gasteiger partial charge in [0.2, 0.25) is 0 Å². The minimum Gasteiger partial charge on any atom is -0.420 e. The third-order valence-corrected chi connectivity index (χ3v) is 3.95. The van der Waals surface area contributed by atoms with Crippen molar-refractivity contribution >= 4 is 28.6 Å². The number of esters is 1. The molecule has 3 rings (SSSR count). The highest BCUT2D eigenvalue weighted by Crippen LogP contribution is 2.18. The largest absolute Gasteiger partial charge is 0.420 e. The lowest BCUT2D eigenvalue weighted by molar-refractivity contribution is 0.0733. The highest BCUT2D eigenvalue weighted by molar-refractivity contribution is 14.1. The molecule has 0 fully saturated rings. The highest BCUT2D eigenvalue weighted by atomic mass is 127. The number of nitrogens with zero attached hydrogens (tertiary/aromatic N) is 2. The third-order valence-electron chi connectivity index (χ3n) is 3.23. The fourth-order valence-electron chi connectivity index (χ4n) is 1.97. The van der Waals surface area contributed by atoms with Gasteiger partial charge >= 0.3 is 5.97 Å². The molecule has 23 heavy (non-hydrogen) atoms. The molecule has 0 bridgehead atoms. The number of carbonyl (C=O) groups is 1. The number of aromatic nitrogens is 2. The molecule has 1 aromatic heterocycles. The molecule has 114 valence electrons. The van der Waals surface area contributed by atoms with E-state index in [2.05, 4.69) is 32.6 Å². The van der Waals surface area contributed by atoms with E-state index in [0.717, 1.165) is 14.7 Å². The molecule has 0 saturated carbocycles. The van der Waals surface area contributed by atoms with Crippen LogP contribution in [0.15, 0.2) is 60.9 Å². The number of aryl methyl sites for hydroxylation is 1. The molecule has 0 aliphatic heterocycles. The molecule has 0 spiro atoms. The highest BCUT2D eigenvalue weighted by Gasteiger charge is 2.09. The maximum Gasteiger partial charge on any atom is 0.343 e. The van der Waals surface area contributed by atoms with Gasteiger partial charge in [-0.25, -0.2) is 14.8 Å². The van der Waals surface area contributed by atoms with E-state index in [1.807, 2.05) is 43.3 Å². The lowest BCUT2D eigenvalue weighted by Gasteiger charge is -2.05. The number of hydrogen-bond acceptors (Lipinski definition) is 4. The van der Waals surface area contributed by atoms with Gasteiger partial charge in [-0.1, -0.05) is 29.8 Å². The van der Waals surface area contributed by atoms with Crippen molar-refractivity contribution in [1.82, 2.24) is 9.97 Å². The standard InChI is InChI=1S/C18H13IN2O2/c1-12-2-4-14(5-3-12)18(22)23-16-10-20-17(21-11-16)13-6-8-15(19)9-7-13/h2-11H,1H3. The van der Waals surface area contributed by atoms with Gasteiger partial charge < -0.3 is 4.74 Å². The molecular weight excluding hydrogens is 403 g/mol. The summed E-state index contributed by atoms with van der Waals surface area (Å²) in [6.07, 6.45) is 3.01. The first-order valence-electron chi connectivity index (χ1n) is 6.99. The van der Waals surface area contributed by atoms with E-state index in [1.165, 1.54) is 12.4 Å². The molecule has 0 aliphatic rings. The zero-order valence-electron chi connectivity index (χ0n) is 12.4. The molecule has 3 aromatic rings. The van der Waals surface area contributed by atoms with E-state index in [1.54, 1.807) is 12.1 Å². The van der Waals surface area contributed by atoms with Gasteiger partial charge in [0.25, 0.3) is 0 Å². The number of ether oxygens (including phenoxy) is 1. The van der Waals surface area contributed by atoms with Gasteiger partial charge in [0.15, 0.2) is 11.6 Å². The predicted octanol–water partition coefficient (Wildman–Crippen LogP) is 4.28. The van der Waals surface area contributed by atoms with Crippen molar-refractivity contribution in [2.45, 2.75) is 6.92 Å². The Labute approximate surface area is 147 Å². The van der Waals surface area contributed by atoms with Crippen molar-refractivity contribution in [3.05, 3.63) is 75.6 Å². The van der Waals surface area contributed by atoms with Crippen LogP contribution in [0.1, 0.15) is 15.9 Å². The maximum atomic E-state index is 12.0. The van der Waals surface area contributed by atoms with Gasteiger partial charge in [-0.15, -0.1) is 0 Å². The minimum absolute atomic E-state index is 0.324. The molecule has 0 unspecified atom stereocenters. The first-order chi connectivity index (χ1) is 11.1. The molecular formula is C18H13IN2O2. The molecule has 1 heterocycles. The van der Waals surface area contributed by atoms with Crippen LogP contribution in [0, 0.1) is 10.5 Å². The second-order valence-electron chi connectivity index (χ2n) is 5.00. The van der Waals surface area contributed by atoms with Gasteiger partial charge in [-0.05, 0) is 53.8 Å². The first-order valence-corrected chi connectivity index (χ1v) is 8.06. The van der Waals surface area contributed by atoms with Gasteiger partial charge in [-0.2, -0.15) is 0 Å². The molecule has 0 amide bonds. The van der Waals surface area contributed by atoms with E-state index < -0.39 is 5.97 Å². The maximum absolute atomic E-state index is 12.0. The van der Waals surface area contributed by atoms with E-state index in [9.17, 15) is 4.79 Å².